The molecule has 0 aliphatic carbocycles. The van der Waals surface area contributed by atoms with Gasteiger partial charge in [-0.2, -0.15) is 4.98 Å². The van der Waals surface area contributed by atoms with Crippen LogP contribution in [0.4, 0.5) is 11.9 Å². The fourth-order valence-electron chi connectivity index (χ4n) is 1.79. The molecule has 0 amide bonds. The summed E-state index contributed by atoms with van der Waals surface area (Å²) in [6.07, 6.45) is 1.42. The van der Waals surface area contributed by atoms with Gasteiger partial charge in [0.25, 0.3) is 0 Å². The second-order valence-electron chi connectivity index (χ2n) is 4.24. The summed E-state index contributed by atoms with van der Waals surface area (Å²) >= 11 is 0. The van der Waals surface area contributed by atoms with Gasteiger partial charge >= 0.3 is 0 Å². The SMILES string of the molecule is CN1CCN(CCNc2ncnc(N)n2)CC1. The van der Waals surface area contributed by atoms with Gasteiger partial charge in [0.1, 0.15) is 6.33 Å². The molecule has 94 valence electrons. The van der Waals surface area contributed by atoms with Crippen molar-refractivity contribution in [1.82, 2.24) is 24.8 Å². The van der Waals surface area contributed by atoms with Crippen LogP contribution in [0.3, 0.4) is 0 Å². The molecule has 0 saturated carbocycles. The molecule has 7 nitrogen and oxygen atoms in total. The number of hydrogen-bond acceptors (Lipinski definition) is 7. The Kier molecular flexibility index (Phi) is 4.05. The summed E-state index contributed by atoms with van der Waals surface area (Å²) in [5, 5.41) is 3.15. The van der Waals surface area contributed by atoms with E-state index in [4.69, 9.17) is 5.73 Å². The number of likely N-dealkylation sites (N-methyl/N-ethyl adjacent to an activating group) is 1. The van der Waals surface area contributed by atoms with Crippen LogP contribution in [0.5, 0.6) is 0 Å². The van der Waals surface area contributed by atoms with E-state index in [0.717, 1.165) is 39.3 Å². The Morgan fingerprint density at radius 3 is 2.76 bits per heavy atom. The number of aromatic nitrogens is 3. The van der Waals surface area contributed by atoms with E-state index in [1.807, 2.05) is 0 Å². The molecule has 1 aromatic heterocycles. The van der Waals surface area contributed by atoms with E-state index < -0.39 is 0 Å². The highest BCUT2D eigenvalue weighted by molar-refractivity contribution is 5.28. The lowest BCUT2D eigenvalue weighted by Gasteiger charge is -2.32. The number of nitrogens with two attached hydrogens (primary N) is 1. The predicted octanol–water partition coefficient (Wildman–Crippen LogP) is -0.887. The van der Waals surface area contributed by atoms with Crippen molar-refractivity contribution < 1.29 is 0 Å². The maximum atomic E-state index is 5.47. The quantitative estimate of drug-likeness (QED) is 0.703. The topological polar surface area (TPSA) is 83.2 Å². The molecule has 1 saturated heterocycles. The van der Waals surface area contributed by atoms with E-state index in [1.54, 1.807) is 0 Å². The minimum atomic E-state index is 0.252. The van der Waals surface area contributed by atoms with Crippen LogP contribution >= 0.6 is 0 Å². The Balaban J connectivity index is 1.69. The molecular formula is C10H19N7. The second kappa shape index (κ2) is 5.74. The molecule has 0 aromatic carbocycles. The van der Waals surface area contributed by atoms with Crippen LogP contribution in [0, 0.1) is 0 Å². The maximum Gasteiger partial charge on any atom is 0.227 e. The van der Waals surface area contributed by atoms with Crippen LogP contribution in [0.25, 0.3) is 0 Å². The smallest absolute Gasteiger partial charge is 0.227 e. The Labute approximate surface area is 101 Å². The summed E-state index contributed by atoms with van der Waals surface area (Å²) < 4.78 is 0. The first-order valence-corrected chi connectivity index (χ1v) is 5.83. The van der Waals surface area contributed by atoms with E-state index >= 15 is 0 Å². The molecule has 2 heterocycles. The lowest BCUT2D eigenvalue weighted by Crippen LogP contribution is -2.45. The molecule has 1 aromatic rings. The van der Waals surface area contributed by atoms with Crippen LogP contribution in [0.1, 0.15) is 0 Å². The molecular weight excluding hydrogens is 218 g/mol. The molecule has 2 rings (SSSR count). The molecule has 0 bridgehead atoms. The Morgan fingerprint density at radius 1 is 1.29 bits per heavy atom. The third-order valence-corrected chi connectivity index (χ3v) is 2.90. The largest absolute Gasteiger partial charge is 0.368 e. The monoisotopic (exact) mass is 237 g/mol. The molecule has 0 radical (unpaired) electrons. The van der Waals surface area contributed by atoms with Crippen LogP contribution < -0.4 is 11.1 Å². The van der Waals surface area contributed by atoms with Crippen molar-refractivity contribution in [3.8, 4) is 0 Å². The van der Waals surface area contributed by atoms with Crippen LogP contribution in [0.15, 0.2) is 6.33 Å². The number of rotatable bonds is 4. The van der Waals surface area contributed by atoms with E-state index in [2.05, 4.69) is 37.1 Å². The van der Waals surface area contributed by atoms with E-state index in [1.165, 1.54) is 6.33 Å². The number of nitrogen functional groups attached to an aromatic ring is 1. The Morgan fingerprint density at radius 2 is 2.06 bits per heavy atom. The molecule has 3 N–H and O–H groups in total. The lowest BCUT2D eigenvalue weighted by atomic mass is 10.3. The second-order valence-corrected chi connectivity index (χ2v) is 4.24. The van der Waals surface area contributed by atoms with Crippen LogP contribution in [0.2, 0.25) is 0 Å². The Bertz CT molecular complexity index is 348. The predicted molar refractivity (Wildman–Crippen MR) is 66.7 cm³/mol. The molecule has 0 unspecified atom stereocenters. The highest BCUT2D eigenvalue weighted by atomic mass is 15.3. The first-order chi connectivity index (χ1) is 8.24. The summed E-state index contributed by atoms with van der Waals surface area (Å²) in [6, 6.07) is 0. The minimum absolute atomic E-state index is 0.252. The van der Waals surface area contributed by atoms with Gasteiger partial charge < -0.3 is 16.0 Å². The van der Waals surface area contributed by atoms with Gasteiger partial charge in [-0.25, -0.2) is 9.97 Å². The van der Waals surface area contributed by atoms with Gasteiger partial charge in [-0.3, -0.25) is 4.90 Å². The van der Waals surface area contributed by atoms with Crippen molar-refractivity contribution in [2.75, 3.05) is 57.4 Å². The number of nitrogens with zero attached hydrogens (tertiary/aromatic N) is 5. The molecule has 0 atom stereocenters. The summed E-state index contributed by atoms with van der Waals surface area (Å²) in [7, 11) is 2.16. The normalized spacial score (nSPS) is 18.2. The fourth-order valence-corrected chi connectivity index (χ4v) is 1.79. The van der Waals surface area contributed by atoms with Crippen molar-refractivity contribution in [2.24, 2.45) is 0 Å². The zero-order valence-electron chi connectivity index (χ0n) is 10.1. The zero-order chi connectivity index (χ0) is 12.1. The number of nitrogens with one attached hydrogen (secondary N) is 1. The van der Waals surface area contributed by atoms with Gasteiger partial charge in [-0.15, -0.1) is 0 Å². The van der Waals surface area contributed by atoms with E-state index in [9.17, 15) is 0 Å². The van der Waals surface area contributed by atoms with Gasteiger partial charge in [0.15, 0.2) is 0 Å². The molecule has 1 aliphatic heterocycles. The number of anilines is 2. The molecule has 17 heavy (non-hydrogen) atoms. The maximum absolute atomic E-state index is 5.47. The van der Waals surface area contributed by atoms with Crippen molar-refractivity contribution in [3.05, 3.63) is 6.33 Å². The third kappa shape index (κ3) is 3.79. The minimum Gasteiger partial charge on any atom is -0.368 e. The first-order valence-electron chi connectivity index (χ1n) is 5.83. The summed E-state index contributed by atoms with van der Waals surface area (Å²) in [5.41, 5.74) is 5.47. The summed E-state index contributed by atoms with van der Waals surface area (Å²) in [5.74, 6) is 0.800. The number of hydrogen-bond donors (Lipinski definition) is 2. The van der Waals surface area contributed by atoms with Gasteiger partial charge in [-0.05, 0) is 7.05 Å². The van der Waals surface area contributed by atoms with Crippen molar-refractivity contribution >= 4 is 11.9 Å². The molecule has 0 spiro atoms. The average Bonchev–Trinajstić information content (AvgIpc) is 2.32. The van der Waals surface area contributed by atoms with Crippen molar-refractivity contribution in [2.45, 2.75) is 0 Å². The zero-order valence-corrected chi connectivity index (χ0v) is 10.1. The fraction of sp³-hybridized carbons (Fsp3) is 0.700. The van der Waals surface area contributed by atoms with Crippen LogP contribution in [-0.4, -0.2) is 71.1 Å². The molecule has 1 aliphatic rings. The Hall–Kier alpha value is -1.47. The molecule has 7 heteroatoms. The van der Waals surface area contributed by atoms with E-state index in [-0.39, 0.29) is 5.95 Å². The average molecular weight is 237 g/mol. The van der Waals surface area contributed by atoms with Gasteiger partial charge in [0.2, 0.25) is 11.9 Å². The lowest BCUT2D eigenvalue weighted by molar-refractivity contribution is 0.158. The molecule has 1 fully saturated rings. The summed E-state index contributed by atoms with van der Waals surface area (Å²) in [6.45, 7) is 6.35. The first kappa shape index (κ1) is 12.0. The van der Waals surface area contributed by atoms with Crippen LogP contribution in [-0.2, 0) is 0 Å². The summed E-state index contributed by atoms with van der Waals surface area (Å²) in [4.78, 5) is 16.5. The number of piperazine rings is 1. The van der Waals surface area contributed by atoms with Crippen molar-refractivity contribution in [3.63, 3.8) is 0 Å². The third-order valence-electron chi connectivity index (χ3n) is 2.90. The van der Waals surface area contributed by atoms with Gasteiger partial charge in [0, 0.05) is 39.3 Å². The van der Waals surface area contributed by atoms with Gasteiger partial charge in [0.05, 0.1) is 0 Å². The standard InChI is InChI=1S/C10H19N7/c1-16-4-6-17(7-5-16)3-2-12-10-14-8-13-9(11)15-10/h8H,2-7H2,1H3,(H3,11,12,13,14,15). The van der Waals surface area contributed by atoms with Gasteiger partial charge in [-0.1, -0.05) is 0 Å². The van der Waals surface area contributed by atoms with E-state index in [0.29, 0.717) is 5.95 Å². The highest BCUT2D eigenvalue weighted by Gasteiger charge is 2.12. The van der Waals surface area contributed by atoms with Crippen molar-refractivity contribution in [1.29, 1.82) is 0 Å². The highest BCUT2D eigenvalue weighted by Crippen LogP contribution is 2.00.